The minimum atomic E-state index is 0.660. The molecule has 0 aliphatic carbocycles. The summed E-state index contributed by atoms with van der Waals surface area (Å²) >= 11 is 1.62. The fourth-order valence-corrected chi connectivity index (χ4v) is 1.82. The quantitative estimate of drug-likeness (QED) is 0.799. The number of anilines is 1. The second-order valence-corrected chi connectivity index (χ2v) is 3.67. The second kappa shape index (κ2) is 4.19. The van der Waals surface area contributed by atoms with E-state index in [-0.39, 0.29) is 0 Å². The predicted octanol–water partition coefficient (Wildman–Crippen LogP) is 1.44. The Morgan fingerprint density at radius 2 is 2.43 bits per heavy atom. The normalized spacial score (nSPS) is 10.4. The molecule has 14 heavy (non-hydrogen) atoms. The molecule has 0 atom stereocenters. The van der Waals surface area contributed by atoms with Crippen molar-refractivity contribution in [1.29, 1.82) is 0 Å². The van der Waals surface area contributed by atoms with E-state index in [4.69, 9.17) is 0 Å². The average molecular weight is 209 g/mol. The van der Waals surface area contributed by atoms with Crippen LogP contribution in [-0.4, -0.2) is 20.4 Å². The number of aromatic nitrogens is 4. The molecule has 6 heteroatoms. The Balaban J connectivity index is 1.92. The van der Waals surface area contributed by atoms with Crippen molar-refractivity contribution in [1.82, 2.24) is 20.4 Å². The molecule has 0 fully saturated rings. The first-order chi connectivity index (χ1) is 6.88. The summed E-state index contributed by atoms with van der Waals surface area (Å²) in [7, 11) is 0. The number of aryl methyl sites for hydroxylation is 1. The molecule has 74 valence electrons. The summed E-state index contributed by atoms with van der Waals surface area (Å²) in [6, 6.07) is 0. The third-order valence-corrected chi connectivity index (χ3v) is 2.65. The van der Waals surface area contributed by atoms with Gasteiger partial charge in [-0.05, 0) is 6.42 Å². The van der Waals surface area contributed by atoms with E-state index in [2.05, 4.69) is 38.0 Å². The van der Waals surface area contributed by atoms with Crippen LogP contribution >= 0.6 is 11.3 Å². The molecular formula is C8H11N5S. The number of aromatic amines is 1. The number of H-pyrrole nitrogens is 1. The van der Waals surface area contributed by atoms with E-state index in [0.717, 1.165) is 22.9 Å². The molecule has 0 bridgehead atoms. The number of thiazole rings is 1. The van der Waals surface area contributed by atoms with Crippen molar-refractivity contribution in [3.05, 3.63) is 23.0 Å². The second-order valence-electron chi connectivity index (χ2n) is 2.81. The molecule has 0 unspecified atom stereocenters. The Hall–Kier alpha value is -1.43. The Kier molecular flexibility index (Phi) is 2.73. The van der Waals surface area contributed by atoms with Gasteiger partial charge in [-0.25, -0.2) is 4.98 Å². The minimum Gasteiger partial charge on any atom is -0.356 e. The van der Waals surface area contributed by atoms with Gasteiger partial charge in [-0.1, -0.05) is 6.92 Å². The first-order valence-electron chi connectivity index (χ1n) is 4.41. The molecule has 2 N–H and O–H groups in total. The van der Waals surface area contributed by atoms with Gasteiger partial charge in [0, 0.05) is 5.38 Å². The zero-order valence-corrected chi connectivity index (χ0v) is 8.64. The lowest BCUT2D eigenvalue weighted by atomic mass is 10.4. The molecule has 0 spiro atoms. The largest absolute Gasteiger partial charge is 0.356 e. The topological polar surface area (TPSA) is 66.5 Å². The molecule has 0 amide bonds. The van der Waals surface area contributed by atoms with Crippen molar-refractivity contribution in [2.24, 2.45) is 0 Å². The molecule has 2 aromatic rings. The van der Waals surface area contributed by atoms with Crippen LogP contribution in [0, 0.1) is 0 Å². The van der Waals surface area contributed by atoms with Crippen LogP contribution in [0.15, 0.2) is 11.6 Å². The van der Waals surface area contributed by atoms with E-state index >= 15 is 0 Å². The van der Waals surface area contributed by atoms with Crippen LogP contribution in [0.25, 0.3) is 0 Å². The molecule has 2 heterocycles. The Morgan fingerprint density at radius 1 is 1.50 bits per heavy atom. The van der Waals surface area contributed by atoms with Crippen molar-refractivity contribution >= 4 is 16.5 Å². The first kappa shape index (κ1) is 9.14. The summed E-state index contributed by atoms with van der Waals surface area (Å²) in [5.41, 5.74) is 2.01. The summed E-state index contributed by atoms with van der Waals surface area (Å²) in [4.78, 5) is 4.38. The van der Waals surface area contributed by atoms with Gasteiger partial charge in [-0.2, -0.15) is 15.4 Å². The highest BCUT2D eigenvalue weighted by Gasteiger charge is 2.00. The summed E-state index contributed by atoms with van der Waals surface area (Å²) in [5, 5.41) is 16.4. The minimum absolute atomic E-state index is 0.660. The van der Waals surface area contributed by atoms with Crippen LogP contribution in [0.5, 0.6) is 0 Å². The average Bonchev–Trinajstić information content (AvgIpc) is 2.86. The summed E-state index contributed by atoms with van der Waals surface area (Å²) < 4.78 is 0. The van der Waals surface area contributed by atoms with E-state index in [1.807, 2.05) is 0 Å². The summed E-state index contributed by atoms with van der Waals surface area (Å²) in [6.07, 6.45) is 2.67. The fourth-order valence-electron chi connectivity index (χ4n) is 1.03. The standard InChI is InChI=1S/C8H11N5S/c1-2-6-5-14-8(11-6)9-3-7-4-10-13-12-7/h4-5H,2-3H2,1H3,(H,9,11)(H,10,12,13). The molecule has 5 nitrogen and oxygen atoms in total. The van der Waals surface area contributed by atoms with Gasteiger partial charge in [0.2, 0.25) is 0 Å². The van der Waals surface area contributed by atoms with Gasteiger partial charge in [-0.15, -0.1) is 11.3 Å². The smallest absolute Gasteiger partial charge is 0.183 e. The van der Waals surface area contributed by atoms with Gasteiger partial charge in [0.15, 0.2) is 5.13 Å². The van der Waals surface area contributed by atoms with Crippen LogP contribution in [-0.2, 0) is 13.0 Å². The summed E-state index contributed by atoms with van der Waals surface area (Å²) in [5.74, 6) is 0. The lowest BCUT2D eigenvalue weighted by Crippen LogP contribution is -1.99. The maximum atomic E-state index is 4.38. The van der Waals surface area contributed by atoms with Crippen molar-refractivity contribution in [3.63, 3.8) is 0 Å². The van der Waals surface area contributed by atoms with E-state index in [0.29, 0.717) is 6.54 Å². The van der Waals surface area contributed by atoms with Crippen LogP contribution in [0.4, 0.5) is 5.13 Å². The molecule has 0 aliphatic heterocycles. The van der Waals surface area contributed by atoms with Crippen LogP contribution in [0.1, 0.15) is 18.3 Å². The molecule has 0 radical (unpaired) electrons. The van der Waals surface area contributed by atoms with Gasteiger partial charge in [0.05, 0.1) is 18.4 Å². The molecule has 0 aromatic carbocycles. The van der Waals surface area contributed by atoms with E-state index in [9.17, 15) is 0 Å². The monoisotopic (exact) mass is 209 g/mol. The number of rotatable bonds is 4. The molecular weight excluding hydrogens is 198 g/mol. The third-order valence-electron chi connectivity index (χ3n) is 1.80. The van der Waals surface area contributed by atoms with Gasteiger partial charge in [-0.3, -0.25) is 0 Å². The van der Waals surface area contributed by atoms with Gasteiger partial charge in [0.25, 0.3) is 0 Å². The van der Waals surface area contributed by atoms with E-state index < -0.39 is 0 Å². The number of nitrogens with one attached hydrogen (secondary N) is 2. The first-order valence-corrected chi connectivity index (χ1v) is 5.29. The van der Waals surface area contributed by atoms with Crippen LogP contribution in [0.2, 0.25) is 0 Å². The van der Waals surface area contributed by atoms with Crippen molar-refractivity contribution in [3.8, 4) is 0 Å². The maximum Gasteiger partial charge on any atom is 0.183 e. The highest BCUT2D eigenvalue weighted by molar-refractivity contribution is 7.13. The molecule has 0 saturated carbocycles. The number of nitrogens with zero attached hydrogens (tertiary/aromatic N) is 3. The fraction of sp³-hybridized carbons (Fsp3) is 0.375. The van der Waals surface area contributed by atoms with Crippen LogP contribution in [0.3, 0.4) is 0 Å². The zero-order chi connectivity index (χ0) is 9.80. The molecule has 2 rings (SSSR count). The Morgan fingerprint density at radius 3 is 3.07 bits per heavy atom. The molecule has 0 aliphatic rings. The van der Waals surface area contributed by atoms with Crippen molar-refractivity contribution in [2.45, 2.75) is 19.9 Å². The SMILES string of the molecule is CCc1csc(NCc2cn[nH]n2)n1. The lowest BCUT2D eigenvalue weighted by Gasteiger charge is -1.96. The van der Waals surface area contributed by atoms with Gasteiger partial charge in [0.1, 0.15) is 5.69 Å². The third kappa shape index (κ3) is 2.08. The zero-order valence-electron chi connectivity index (χ0n) is 7.82. The Bertz CT molecular complexity index is 380. The maximum absolute atomic E-state index is 4.38. The number of hydrogen-bond donors (Lipinski definition) is 2. The van der Waals surface area contributed by atoms with Crippen molar-refractivity contribution in [2.75, 3.05) is 5.32 Å². The van der Waals surface area contributed by atoms with E-state index in [1.165, 1.54) is 0 Å². The molecule has 0 saturated heterocycles. The highest BCUT2D eigenvalue weighted by atomic mass is 32.1. The van der Waals surface area contributed by atoms with Crippen LogP contribution < -0.4 is 5.32 Å². The Labute approximate surface area is 85.6 Å². The predicted molar refractivity (Wildman–Crippen MR) is 55.2 cm³/mol. The van der Waals surface area contributed by atoms with Gasteiger partial charge < -0.3 is 5.32 Å². The summed E-state index contributed by atoms with van der Waals surface area (Å²) in [6.45, 7) is 2.75. The highest BCUT2D eigenvalue weighted by Crippen LogP contribution is 2.15. The van der Waals surface area contributed by atoms with Crippen molar-refractivity contribution < 1.29 is 0 Å². The van der Waals surface area contributed by atoms with Gasteiger partial charge >= 0.3 is 0 Å². The van der Waals surface area contributed by atoms with E-state index in [1.54, 1.807) is 17.5 Å². The lowest BCUT2D eigenvalue weighted by molar-refractivity contribution is 0.909. The molecule has 2 aromatic heterocycles. The number of hydrogen-bond acceptors (Lipinski definition) is 5.